The molecule has 0 saturated carbocycles. The van der Waals surface area contributed by atoms with Crippen LogP contribution in [0.3, 0.4) is 0 Å². The van der Waals surface area contributed by atoms with Gasteiger partial charge in [0.2, 0.25) is 0 Å². The number of aliphatic hydroxyl groups excluding tert-OH is 1. The van der Waals surface area contributed by atoms with E-state index in [1.165, 1.54) is 5.56 Å². The number of rotatable bonds is 5. The Morgan fingerprint density at radius 2 is 2.00 bits per heavy atom. The van der Waals surface area contributed by atoms with Crippen molar-refractivity contribution in [2.45, 2.75) is 26.5 Å². The van der Waals surface area contributed by atoms with Gasteiger partial charge in [-0.1, -0.05) is 41.1 Å². The monoisotopic (exact) mass is 334 g/mol. The fourth-order valence-corrected chi connectivity index (χ4v) is 2.47. The molecule has 0 fully saturated rings. The highest BCUT2D eigenvalue weighted by atomic mass is 79.9. The van der Waals surface area contributed by atoms with Gasteiger partial charge in [0, 0.05) is 23.8 Å². The van der Waals surface area contributed by atoms with Gasteiger partial charge in [-0.3, -0.25) is 0 Å². The first-order valence-electron chi connectivity index (χ1n) is 6.69. The van der Waals surface area contributed by atoms with Crippen molar-refractivity contribution < 1.29 is 5.11 Å². The molecule has 0 saturated heterocycles. The average Bonchev–Trinajstić information content (AvgIpc) is 2.48. The van der Waals surface area contributed by atoms with Gasteiger partial charge in [0.1, 0.15) is 5.82 Å². The summed E-state index contributed by atoms with van der Waals surface area (Å²) in [6.07, 6.45) is 0.865. The van der Waals surface area contributed by atoms with Crippen molar-refractivity contribution in [3.8, 4) is 0 Å². The maximum atomic E-state index is 9.34. The highest BCUT2D eigenvalue weighted by molar-refractivity contribution is 9.10. The maximum absolute atomic E-state index is 9.34. The van der Waals surface area contributed by atoms with E-state index in [0.717, 1.165) is 34.5 Å². The molecule has 1 aromatic carbocycles. The van der Waals surface area contributed by atoms with Crippen LogP contribution in [0.25, 0.3) is 0 Å². The van der Waals surface area contributed by atoms with Crippen LogP contribution in [0.5, 0.6) is 0 Å². The van der Waals surface area contributed by atoms with E-state index in [2.05, 4.69) is 38.8 Å². The van der Waals surface area contributed by atoms with Crippen molar-refractivity contribution in [2.24, 2.45) is 0 Å². The molecular weight excluding hydrogens is 316 g/mol. The molecule has 0 atom stereocenters. The minimum Gasteiger partial charge on any atom is -0.392 e. The van der Waals surface area contributed by atoms with Gasteiger partial charge in [-0.05, 0) is 35.7 Å². The van der Waals surface area contributed by atoms with Crippen LogP contribution < -0.4 is 4.90 Å². The Morgan fingerprint density at radius 3 is 2.65 bits per heavy atom. The molecule has 1 heterocycles. The van der Waals surface area contributed by atoms with Gasteiger partial charge in [-0.15, -0.1) is 0 Å². The molecule has 0 unspecified atom stereocenters. The molecule has 1 N–H and O–H groups in total. The number of aryl methyl sites for hydroxylation is 1. The summed E-state index contributed by atoms with van der Waals surface area (Å²) in [7, 11) is 2.02. The van der Waals surface area contributed by atoms with E-state index in [4.69, 9.17) is 0 Å². The fraction of sp³-hybridized carbons (Fsp3) is 0.312. The second-order valence-electron chi connectivity index (χ2n) is 4.78. The van der Waals surface area contributed by atoms with Crippen LogP contribution >= 0.6 is 15.9 Å². The molecule has 106 valence electrons. The van der Waals surface area contributed by atoms with E-state index >= 15 is 0 Å². The van der Waals surface area contributed by atoms with Gasteiger partial charge in [-0.2, -0.15) is 0 Å². The number of pyridine rings is 1. The molecule has 0 spiro atoms. The lowest BCUT2D eigenvalue weighted by molar-refractivity contribution is 0.281. The normalized spacial score (nSPS) is 10.6. The van der Waals surface area contributed by atoms with E-state index in [9.17, 15) is 5.11 Å². The SMILES string of the molecule is CCc1cc(CO)cc(N(C)Cc2ccccc2Br)n1. The molecular formula is C16H19BrN2O. The number of aromatic nitrogens is 1. The summed E-state index contributed by atoms with van der Waals surface area (Å²) in [6, 6.07) is 12.1. The first-order chi connectivity index (χ1) is 9.63. The molecule has 0 radical (unpaired) electrons. The Hall–Kier alpha value is -1.39. The number of hydrogen-bond donors (Lipinski definition) is 1. The lowest BCUT2D eigenvalue weighted by atomic mass is 10.2. The summed E-state index contributed by atoms with van der Waals surface area (Å²) in [5.41, 5.74) is 3.13. The predicted octanol–water partition coefficient (Wildman–Crippen LogP) is 3.54. The van der Waals surface area contributed by atoms with Crippen LogP contribution in [0.4, 0.5) is 5.82 Å². The van der Waals surface area contributed by atoms with Crippen LogP contribution in [-0.4, -0.2) is 17.1 Å². The van der Waals surface area contributed by atoms with E-state index in [1.807, 2.05) is 37.4 Å². The van der Waals surface area contributed by atoms with Gasteiger partial charge >= 0.3 is 0 Å². The van der Waals surface area contributed by atoms with Crippen molar-refractivity contribution in [3.63, 3.8) is 0 Å². The Bertz CT molecular complexity index is 564. The minimum atomic E-state index is 0.0470. The van der Waals surface area contributed by atoms with E-state index < -0.39 is 0 Å². The first-order valence-corrected chi connectivity index (χ1v) is 7.48. The number of aliphatic hydroxyl groups is 1. The average molecular weight is 335 g/mol. The number of hydrogen-bond acceptors (Lipinski definition) is 3. The van der Waals surface area contributed by atoms with Crippen molar-refractivity contribution >= 4 is 21.7 Å². The molecule has 0 aliphatic heterocycles. The molecule has 0 amide bonds. The molecule has 1 aromatic heterocycles. The summed E-state index contributed by atoms with van der Waals surface area (Å²) < 4.78 is 1.10. The van der Waals surface area contributed by atoms with Crippen LogP contribution in [0, 0.1) is 0 Å². The molecule has 4 heteroatoms. The van der Waals surface area contributed by atoms with E-state index in [0.29, 0.717) is 0 Å². The van der Waals surface area contributed by atoms with Crippen LogP contribution in [-0.2, 0) is 19.6 Å². The predicted molar refractivity (Wildman–Crippen MR) is 85.8 cm³/mol. The Labute approximate surface area is 128 Å². The van der Waals surface area contributed by atoms with Gasteiger partial charge in [0.05, 0.1) is 6.61 Å². The number of nitrogens with zero attached hydrogens (tertiary/aromatic N) is 2. The zero-order chi connectivity index (χ0) is 14.5. The standard InChI is InChI=1S/C16H19BrN2O/c1-3-14-8-12(11-20)9-16(18-14)19(2)10-13-6-4-5-7-15(13)17/h4-9,20H,3,10-11H2,1-2H3. The van der Waals surface area contributed by atoms with Gasteiger partial charge in [0.25, 0.3) is 0 Å². The Kier molecular flexibility index (Phi) is 5.15. The minimum absolute atomic E-state index is 0.0470. The van der Waals surface area contributed by atoms with E-state index in [-0.39, 0.29) is 6.61 Å². The van der Waals surface area contributed by atoms with Crippen LogP contribution in [0.2, 0.25) is 0 Å². The molecule has 20 heavy (non-hydrogen) atoms. The fourth-order valence-electron chi connectivity index (χ4n) is 2.06. The van der Waals surface area contributed by atoms with E-state index in [1.54, 1.807) is 0 Å². The van der Waals surface area contributed by atoms with Crippen molar-refractivity contribution in [3.05, 3.63) is 57.7 Å². The van der Waals surface area contributed by atoms with Crippen LogP contribution in [0.1, 0.15) is 23.7 Å². The third-order valence-electron chi connectivity index (χ3n) is 3.23. The number of halogens is 1. The third kappa shape index (κ3) is 3.58. The highest BCUT2D eigenvalue weighted by Crippen LogP contribution is 2.21. The zero-order valence-electron chi connectivity index (χ0n) is 11.8. The quantitative estimate of drug-likeness (QED) is 0.908. The second-order valence-corrected chi connectivity index (χ2v) is 5.64. The van der Waals surface area contributed by atoms with Gasteiger partial charge < -0.3 is 10.0 Å². The lowest BCUT2D eigenvalue weighted by Gasteiger charge is -2.20. The van der Waals surface area contributed by atoms with Gasteiger partial charge in [-0.25, -0.2) is 4.98 Å². The van der Waals surface area contributed by atoms with Crippen LogP contribution in [0.15, 0.2) is 40.9 Å². The maximum Gasteiger partial charge on any atom is 0.129 e. The molecule has 0 bridgehead atoms. The summed E-state index contributed by atoms with van der Waals surface area (Å²) >= 11 is 3.57. The third-order valence-corrected chi connectivity index (χ3v) is 4.00. The summed E-state index contributed by atoms with van der Waals surface area (Å²) in [5, 5.41) is 9.34. The number of benzene rings is 1. The molecule has 2 rings (SSSR count). The van der Waals surface area contributed by atoms with Gasteiger partial charge in [0.15, 0.2) is 0 Å². The van der Waals surface area contributed by atoms with Crippen molar-refractivity contribution in [2.75, 3.05) is 11.9 Å². The summed E-state index contributed by atoms with van der Waals surface area (Å²) in [5.74, 6) is 0.893. The highest BCUT2D eigenvalue weighted by Gasteiger charge is 2.08. The largest absolute Gasteiger partial charge is 0.392 e. The Balaban J connectivity index is 2.24. The second kappa shape index (κ2) is 6.86. The molecule has 0 aliphatic carbocycles. The summed E-state index contributed by atoms with van der Waals surface area (Å²) in [4.78, 5) is 6.72. The smallest absolute Gasteiger partial charge is 0.129 e. The van der Waals surface area contributed by atoms with Crippen molar-refractivity contribution in [1.82, 2.24) is 4.98 Å². The first kappa shape index (κ1) is 15.0. The lowest BCUT2D eigenvalue weighted by Crippen LogP contribution is -2.18. The molecule has 0 aliphatic rings. The zero-order valence-corrected chi connectivity index (χ0v) is 13.4. The van der Waals surface area contributed by atoms with Crippen molar-refractivity contribution in [1.29, 1.82) is 0 Å². The summed E-state index contributed by atoms with van der Waals surface area (Å²) in [6.45, 7) is 2.89. The molecule has 3 nitrogen and oxygen atoms in total. The number of anilines is 1. The topological polar surface area (TPSA) is 36.4 Å². The Morgan fingerprint density at radius 1 is 1.25 bits per heavy atom. The molecule has 2 aromatic rings.